The van der Waals surface area contributed by atoms with E-state index in [1.807, 2.05) is 13.0 Å². The molecule has 0 radical (unpaired) electrons. The quantitative estimate of drug-likeness (QED) is 0.232. The highest BCUT2D eigenvalue weighted by Crippen LogP contribution is 2.30. The van der Waals surface area contributed by atoms with Crippen molar-refractivity contribution in [1.82, 2.24) is 19.7 Å². The number of fused-ring (bicyclic) bond motifs is 1. The van der Waals surface area contributed by atoms with Crippen LogP contribution in [0.3, 0.4) is 0 Å². The molecule has 0 aliphatic heterocycles. The number of aromatic nitrogens is 4. The highest BCUT2D eigenvalue weighted by molar-refractivity contribution is 6.76. The van der Waals surface area contributed by atoms with E-state index in [1.165, 1.54) is 12.3 Å². The zero-order valence-corrected chi connectivity index (χ0v) is 18.8. The maximum absolute atomic E-state index is 11.0. The lowest BCUT2D eigenvalue weighted by molar-refractivity contribution is -0.388. The van der Waals surface area contributed by atoms with Crippen molar-refractivity contribution in [2.45, 2.75) is 39.3 Å². The van der Waals surface area contributed by atoms with Crippen molar-refractivity contribution in [3.63, 3.8) is 0 Å². The van der Waals surface area contributed by atoms with Crippen LogP contribution in [0.1, 0.15) is 5.69 Å². The average molecular weight is 431 g/mol. The zero-order valence-electron chi connectivity index (χ0n) is 17.8. The van der Waals surface area contributed by atoms with Gasteiger partial charge in [-0.1, -0.05) is 19.6 Å². The number of nitrogens with one attached hydrogen (secondary N) is 1. The average Bonchev–Trinajstić information content (AvgIpc) is 2.99. The standard InChI is InChI=1S/C19H26N6O4Si/c1-13-16-8-14(29-15-9-17(20-2)19(22-11-15)25(26)27)10-21-18(16)24(23-13)12-28-6-7-30(3,4)5/h8-11,20H,6-7,12H2,1-5H3. The fourth-order valence-corrected chi connectivity index (χ4v) is 3.58. The smallest absolute Gasteiger partial charge is 0.387 e. The molecular weight excluding hydrogens is 404 g/mol. The summed E-state index contributed by atoms with van der Waals surface area (Å²) in [5, 5.41) is 19.1. The number of hydrogen-bond acceptors (Lipinski definition) is 8. The molecule has 0 bridgehead atoms. The van der Waals surface area contributed by atoms with Crippen LogP contribution in [0.15, 0.2) is 24.5 Å². The third-order valence-corrected chi connectivity index (χ3v) is 6.18. The molecule has 0 aromatic carbocycles. The Morgan fingerprint density at radius 2 is 1.90 bits per heavy atom. The zero-order chi connectivity index (χ0) is 21.9. The highest BCUT2D eigenvalue weighted by Gasteiger charge is 2.17. The van der Waals surface area contributed by atoms with Gasteiger partial charge in [0.1, 0.15) is 18.2 Å². The maximum Gasteiger partial charge on any atom is 0.387 e. The number of pyridine rings is 2. The van der Waals surface area contributed by atoms with E-state index in [2.05, 4.69) is 40.0 Å². The fraction of sp³-hybridized carbons (Fsp3) is 0.421. The summed E-state index contributed by atoms with van der Waals surface area (Å²) < 4.78 is 13.3. The van der Waals surface area contributed by atoms with Gasteiger partial charge in [-0.15, -0.1) is 0 Å². The summed E-state index contributed by atoms with van der Waals surface area (Å²) in [6.07, 6.45) is 2.90. The van der Waals surface area contributed by atoms with E-state index in [0.717, 1.165) is 17.1 Å². The maximum atomic E-state index is 11.0. The second kappa shape index (κ2) is 8.75. The predicted molar refractivity (Wildman–Crippen MR) is 117 cm³/mol. The minimum absolute atomic E-state index is 0.260. The van der Waals surface area contributed by atoms with Gasteiger partial charge < -0.3 is 24.9 Å². The Hall–Kier alpha value is -3.05. The van der Waals surface area contributed by atoms with Gasteiger partial charge in [0.15, 0.2) is 17.6 Å². The Kier molecular flexibility index (Phi) is 6.32. The fourth-order valence-electron chi connectivity index (χ4n) is 2.83. The molecule has 0 aliphatic rings. The van der Waals surface area contributed by atoms with Crippen LogP contribution < -0.4 is 10.1 Å². The number of nitro groups is 1. The molecule has 0 spiro atoms. The van der Waals surface area contributed by atoms with Gasteiger partial charge >= 0.3 is 5.82 Å². The monoisotopic (exact) mass is 430 g/mol. The summed E-state index contributed by atoms with van der Waals surface area (Å²) >= 11 is 0. The van der Waals surface area contributed by atoms with Gasteiger partial charge in [-0.25, -0.2) is 9.67 Å². The Bertz CT molecular complexity index is 1060. The molecule has 11 heteroatoms. The van der Waals surface area contributed by atoms with Crippen LogP contribution in [0.2, 0.25) is 25.7 Å². The van der Waals surface area contributed by atoms with E-state index < -0.39 is 13.0 Å². The van der Waals surface area contributed by atoms with Crippen molar-refractivity contribution in [2.75, 3.05) is 19.0 Å². The highest BCUT2D eigenvalue weighted by atomic mass is 28.3. The number of rotatable bonds is 9. The van der Waals surface area contributed by atoms with Crippen LogP contribution in [-0.4, -0.2) is 46.4 Å². The number of aryl methyl sites for hydroxylation is 1. The third kappa shape index (κ3) is 5.10. The van der Waals surface area contributed by atoms with Gasteiger partial charge in [0.2, 0.25) is 0 Å². The minimum atomic E-state index is -1.14. The number of ether oxygens (including phenoxy) is 2. The van der Waals surface area contributed by atoms with E-state index in [4.69, 9.17) is 9.47 Å². The van der Waals surface area contributed by atoms with Gasteiger partial charge in [-0.3, -0.25) is 0 Å². The molecule has 0 aliphatic carbocycles. The topological polar surface area (TPSA) is 117 Å². The first-order valence-corrected chi connectivity index (χ1v) is 13.3. The van der Waals surface area contributed by atoms with Crippen molar-refractivity contribution in [1.29, 1.82) is 0 Å². The molecule has 10 nitrogen and oxygen atoms in total. The molecular formula is C19H26N6O4Si. The molecule has 0 amide bonds. The number of hydrogen-bond donors (Lipinski definition) is 1. The largest absolute Gasteiger partial charge is 0.452 e. The van der Waals surface area contributed by atoms with Crippen molar-refractivity contribution in [3.05, 3.63) is 40.3 Å². The van der Waals surface area contributed by atoms with Crippen LogP contribution in [0, 0.1) is 17.0 Å². The molecule has 0 atom stereocenters. The van der Waals surface area contributed by atoms with E-state index in [0.29, 0.717) is 30.5 Å². The Morgan fingerprint density at radius 3 is 2.57 bits per heavy atom. The van der Waals surface area contributed by atoms with E-state index in [-0.39, 0.29) is 11.5 Å². The van der Waals surface area contributed by atoms with E-state index in [1.54, 1.807) is 17.9 Å². The normalized spacial score (nSPS) is 11.6. The molecule has 0 fully saturated rings. The third-order valence-electron chi connectivity index (χ3n) is 4.48. The lowest BCUT2D eigenvalue weighted by Gasteiger charge is -2.15. The molecule has 160 valence electrons. The van der Waals surface area contributed by atoms with Gasteiger partial charge in [-0.2, -0.15) is 5.10 Å². The van der Waals surface area contributed by atoms with Crippen LogP contribution in [-0.2, 0) is 11.5 Å². The van der Waals surface area contributed by atoms with Gasteiger partial charge in [0.25, 0.3) is 0 Å². The second-order valence-corrected chi connectivity index (χ2v) is 13.7. The molecule has 0 saturated carbocycles. The summed E-state index contributed by atoms with van der Waals surface area (Å²) in [5.74, 6) is 0.595. The molecule has 0 saturated heterocycles. The first-order chi connectivity index (χ1) is 14.2. The van der Waals surface area contributed by atoms with Crippen LogP contribution in [0.4, 0.5) is 11.5 Å². The molecule has 3 aromatic heterocycles. The number of anilines is 1. The summed E-state index contributed by atoms with van der Waals surface area (Å²) in [7, 11) is 0.449. The van der Waals surface area contributed by atoms with Crippen LogP contribution in [0.5, 0.6) is 11.5 Å². The Labute approximate surface area is 175 Å². The van der Waals surface area contributed by atoms with Crippen molar-refractivity contribution in [2.24, 2.45) is 0 Å². The van der Waals surface area contributed by atoms with E-state index in [9.17, 15) is 10.1 Å². The SMILES string of the molecule is CNc1cc(Oc2cnc3c(c2)c(C)nn3COCC[Si](C)(C)C)cnc1[N+](=O)[O-]. The van der Waals surface area contributed by atoms with Crippen LogP contribution >= 0.6 is 0 Å². The summed E-state index contributed by atoms with van der Waals surface area (Å²) in [4.78, 5) is 18.8. The lowest BCUT2D eigenvalue weighted by Crippen LogP contribution is -2.22. The predicted octanol–water partition coefficient (Wildman–Crippen LogP) is 4.19. The molecule has 1 N–H and O–H groups in total. The minimum Gasteiger partial charge on any atom is -0.452 e. The second-order valence-electron chi connectivity index (χ2n) is 8.13. The van der Waals surface area contributed by atoms with Gasteiger partial charge in [0.05, 0.1) is 11.9 Å². The Balaban J connectivity index is 1.76. The van der Waals surface area contributed by atoms with Crippen molar-refractivity contribution >= 4 is 30.6 Å². The van der Waals surface area contributed by atoms with Gasteiger partial charge in [-0.05, 0) is 28.9 Å². The molecule has 3 heterocycles. The first-order valence-electron chi connectivity index (χ1n) is 9.59. The molecule has 30 heavy (non-hydrogen) atoms. The number of nitrogens with zero attached hydrogens (tertiary/aromatic N) is 5. The lowest BCUT2D eigenvalue weighted by atomic mass is 10.3. The van der Waals surface area contributed by atoms with E-state index >= 15 is 0 Å². The molecule has 3 rings (SSSR count). The first kappa shape index (κ1) is 21.7. The summed E-state index contributed by atoms with van der Waals surface area (Å²) in [5.41, 5.74) is 1.80. The summed E-state index contributed by atoms with van der Waals surface area (Å²) in [6, 6.07) is 4.45. The van der Waals surface area contributed by atoms with Gasteiger partial charge in [0, 0.05) is 33.2 Å². The van der Waals surface area contributed by atoms with Crippen molar-refractivity contribution < 1.29 is 14.4 Å². The van der Waals surface area contributed by atoms with Crippen molar-refractivity contribution in [3.8, 4) is 11.5 Å². The summed E-state index contributed by atoms with van der Waals surface area (Å²) in [6.45, 7) is 9.89. The Morgan fingerprint density at radius 1 is 1.20 bits per heavy atom. The van der Waals surface area contributed by atoms with Crippen LogP contribution in [0.25, 0.3) is 11.0 Å². The molecule has 0 unspecified atom stereocenters. The molecule has 3 aromatic rings.